The van der Waals surface area contributed by atoms with Gasteiger partial charge in [-0.15, -0.1) is 0 Å². The molecule has 0 atom stereocenters. The van der Waals surface area contributed by atoms with Crippen LogP contribution in [0.5, 0.6) is 5.75 Å². The Morgan fingerprint density at radius 3 is 2.37 bits per heavy atom. The minimum absolute atomic E-state index is 0.191. The number of para-hydroxylation sites is 1. The molecular formula is C16H16O3. The van der Waals surface area contributed by atoms with Gasteiger partial charge >= 0.3 is 5.97 Å². The fourth-order valence-corrected chi connectivity index (χ4v) is 1.97. The molecule has 0 aliphatic heterocycles. The number of ether oxygens (including phenoxy) is 1. The summed E-state index contributed by atoms with van der Waals surface area (Å²) in [6.07, 6.45) is 0.931. The van der Waals surface area contributed by atoms with Crippen LogP contribution in [0.2, 0.25) is 0 Å². The summed E-state index contributed by atoms with van der Waals surface area (Å²) in [5.74, 6) is -0.569. The van der Waals surface area contributed by atoms with Crippen LogP contribution in [0.25, 0.3) is 0 Å². The Kier molecular flexibility index (Phi) is 4.18. The molecule has 0 saturated carbocycles. The van der Waals surface area contributed by atoms with Crippen molar-refractivity contribution in [2.45, 2.75) is 20.0 Å². The van der Waals surface area contributed by atoms with E-state index in [4.69, 9.17) is 9.84 Å². The van der Waals surface area contributed by atoms with Gasteiger partial charge in [0, 0.05) is 0 Å². The van der Waals surface area contributed by atoms with E-state index in [0.717, 1.165) is 12.0 Å². The van der Waals surface area contributed by atoms with Crippen molar-refractivity contribution in [3.63, 3.8) is 0 Å². The molecule has 0 radical (unpaired) electrons. The molecule has 2 aromatic carbocycles. The monoisotopic (exact) mass is 256 g/mol. The topological polar surface area (TPSA) is 46.5 Å². The van der Waals surface area contributed by atoms with Gasteiger partial charge in [0.25, 0.3) is 0 Å². The lowest BCUT2D eigenvalue weighted by Crippen LogP contribution is -2.04. The zero-order chi connectivity index (χ0) is 13.7. The second kappa shape index (κ2) is 6.05. The van der Waals surface area contributed by atoms with Gasteiger partial charge in [0.05, 0.1) is 0 Å². The maximum atomic E-state index is 11.1. The summed E-state index contributed by atoms with van der Waals surface area (Å²) in [6, 6.07) is 14.7. The highest BCUT2D eigenvalue weighted by molar-refractivity contribution is 5.90. The predicted molar refractivity (Wildman–Crippen MR) is 73.6 cm³/mol. The third kappa shape index (κ3) is 3.13. The number of aromatic carboxylic acids is 1. The first-order valence-electron chi connectivity index (χ1n) is 6.24. The van der Waals surface area contributed by atoms with E-state index in [1.165, 1.54) is 5.56 Å². The van der Waals surface area contributed by atoms with E-state index in [1.807, 2.05) is 18.2 Å². The van der Waals surface area contributed by atoms with Gasteiger partial charge in [-0.2, -0.15) is 0 Å². The standard InChI is InChI=1S/C16H16O3/c1-2-12-7-3-4-8-13(12)11-19-15-10-6-5-9-14(15)16(17)18/h3-10H,2,11H2,1H3,(H,17,18). The summed E-state index contributed by atoms with van der Waals surface area (Å²) in [5.41, 5.74) is 2.50. The van der Waals surface area contributed by atoms with E-state index < -0.39 is 5.97 Å². The number of carboxylic acids is 1. The second-order valence-electron chi connectivity index (χ2n) is 4.21. The number of aryl methyl sites for hydroxylation is 1. The summed E-state index contributed by atoms with van der Waals surface area (Å²) in [4.78, 5) is 11.1. The van der Waals surface area contributed by atoms with Crippen LogP contribution in [0.1, 0.15) is 28.4 Å². The molecule has 98 valence electrons. The first-order valence-corrected chi connectivity index (χ1v) is 6.24. The van der Waals surface area contributed by atoms with Crippen molar-refractivity contribution in [2.24, 2.45) is 0 Å². The first-order chi connectivity index (χ1) is 9.22. The molecule has 19 heavy (non-hydrogen) atoms. The van der Waals surface area contributed by atoms with E-state index in [-0.39, 0.29) is 5.56 Å². The molecule has 0 aromatic heterocycles. The Morgan fingerprint density at radius 2 is 1.68 bits per heavy atom. The van der Waals surface area contributed by atoms with Crippen LogP contribution in [0, 0.1) is 0 Å². The lowest BCUT2D eigenvalue weighted by Gasteiger charge is -2.11. The SMILES string of the molecule is CCc1ccccc1COc1ccccc1C(=O)O. The molecule has 0 fully saturated rings. The van der Waals surface area contributed by atoms with Gasteiger partial charge in [-0.05, 0) is 29.7 Å². The Bertz CT molecular complexity index is 576. The molecule has 3 heteroatoms. The van der Waals surface area contributed by atoms with Gasteiger partial charge in [0.15, 0.2) is 0 Å². The fraction of sp³-hybridized carbons (Fsp3) is 0.188. The molecule has 0 bridgehead atoms. The zero-order valence-electron chi connectivity index (χ0n) is 10.8. The van der Waals surface area contributed by atoms with Gasteiger partial charge in [-0.3, -0.25) is 0 Å². The predicted octanol–water partition coefficient (Wildman–Crippen LogP) is 3.53. The van der Waals surface area contributed by atoms with Crippen LogP contribution in [0.3, 0.4) is 0 Å². The largest absolute Gasteiger partial charge is 0.488 e. The summed E-state index contributed by atoms with van der Waals surface area (Å²) in [7, 11) is 0. The minimum Gasteiger partial charge on any atom is -0.488 e. The summed E-state index contributed by atoms with van der Waals surface area (Å²) >= 11 is 0. The van der Waals surface area contributed by atoms with Gasteiger partial charge in [-0.1, -0.05) is 43.3 Å². The fourth-order valence-electron chi connectivity index (χ4n) is 1.97. The second-order valence-corrected chi connectivity index (χ2v) is 4.21. The van der Waals surface area contributed by atoms with E-state index in [1.54, 1.807) is 24.3 Å². The number of rotatable bonds is 5. The van der Waals surface area contributed by atoms with E-state index in [0.29, 0.717) is 12.4 Å². The van der Waals surface area contributed by atoms with Crippen molar-refractivity contribution in [2.75, 3.05) is 0 Å². The Hall–Kier alpha value is -2.29. The highest BCUT2D eigenvalue weighted by Crippen LogP contribution is 2.20. The van der Waals surface area contributed by atoms with Crippen LogP contribution in [-0.2, 0) is 13.0 Å². The molecule has 0 heterocycles. The number of hydrogen-bond acceptors (Lipinski definition) is 2. The quantitative estimate of drug-likeness (QED) is 0.890. The third-order valence-electron chi connectivity index (χ3n) is 3.00. The Labute approximate surface area is 112 Å². The smallest absolute Gasteiger partial charge is 0.339 e. The van der Waals surface area contributed by atoms with Crippen molar-refractivity contribution in [3.8, 4) is 5.75 Å². The van der Waals surface area contributed by atoms with Crippen molar-refractivity contribution in [1.82, 2.24) is 0 Å². The molecule has 0 amide bonds. The van der Waals surface area contributed by atoms with Gasteiger partial charge in [-0.25, -0.2) is 4.79 Å². The van der Waals surface area contributed by atoms with Crippen LogP contribution in [0.15, 0.2) is 48.5 Å². The normalized spacial score (nSPS) is 10.2. The van der Waals surface area contributed by atoms with Crippen molar-refractivity contribution in [3.05, 3.63) is 65.2 Å². The van der Waals surface area contributed by atoms with Crippen LogP contribution in [-0.4, -0.2) is 11.1 Å². The first kappa shape index (κ1) is 13.1. The van der Waals surface area contributed by atoms with Crippen molar-refractivity contribution >= 4 is 5.97 Å². The van der Waals surface area contributed by atoms with Crippen LogP contribution in [0.4, 0.5) is 0 Å². The lowest BCUT2D eigenvalue weighted by molar-refractivity contribution is 0.0692. The van der Waals surface area contributed by atoms with Crippen LogP contribution >= 0.6 is 0 Å². The van der Waals surface area contributed by atoms with Gasteiger partial charge in [0.1, 0.15) is 17.9 Å². The average molecular weight is 256 g/mol. The highest BCUT2D eigenvalue weighted by atomic mass is 16.5. The third-order valence-corrected chi connectivity index (χ3v) is 3.00. The van der Waals surface area contributed by atoms with E-state index >= 15 is 0 Å². The molecule has 3 nitrogen and oxygen atoms in total. The zero-order valence-corrected chi connectivity index (χ0v) is 10.8. The Balaban J connectivity index is 2.17. The average Bonchev–Trinajstić information content (AvgIpc) is 2.45. The number of hydrogen-bond donors (Lipinski definition) is 1. The molecule has 0 aliphatic carbocycles. The molecule has 0 spiro atoms. The summed E-state index contributed by atoms with van der Waals surface area (Å²) in [5, 5.41) is 9.08. The number of carboxylic acid groups (broad SMARTS) is 1. The number of carbonyl (C=O) groups is 1. The molecule has 0 unspecified atom stereocenters. The lowest BCUT2D eigenvalue weighted by atomic mass is 10.1. The highest BCUT2D eigenvalue weighted by Gasteiger charge is 2.10. The molecular weight excluding hydrogens is 240 g/mol. The Morgan fingerprint density at radius 1 is 1.05 bits per heavy atom. The van der Waals surface area contributed by atoms with Crippen molar-refractivity contribution in [1.29, 1.82) is 0 Å². The van der Waals surface area contributed by atoms with E-state index in [9.17, 15) is 4.79 Å². The van der Waals surface area contributed by atoms with Crippen LogP contribution < -0.4 is 4.74 Å². The minimum atomic E-state index is -0.973. The molecule has 2 rings (SSSR count). The summed E-state index contributed by atoms with van der Waals surface area (Å²) < 4.78 is 5.65. The molecule has 0 aliphatic rings. The maximum absolute atomic E-state index is 11.1. The maximum Gasteiger partial charge on any atom is 0.339 e. The van der Waals surface area contributed by atoms with E-state index in [2.05, 4.69) is 13.0 Å². The summed E-state index contributed by atoms with van der Waals surface area (Å²) in [6.45, 7) is 2.47. The molecule has 1 N–H and O–H groups in total. The van der Waals surface area contributed by atoms with Gasteiger partial charge < -0.3 is 9.84 Å². The molecule has 0 saturated heterocycles. The van der Waals surface area contributed by atoms with Gasteiger partial charge in [0.2, 0.25) is 0 Å². The molecule has 2 aromatic rings. The number of benzene rings is 2. The van der Waals surface area contributed by atoms with Crippen molar-refractivity contribution < 1.29 is 14.6 Å².